The van der Waals surface area contributed by atoms with Crippen LogP contribution in [-0.4, -0.2) is 17.3 Å². The lowest BCUT2D eigenvalue weighted by atomic mass is 10.1. The van der Waals surface area contributed by atoms with E-state index in [0.717, 1.165) is 6.07 Å². The first-order valence-electron chi connectivity index (χ1n) is 5.50. The van der Waals surface area contributed by atoms with Gasteiger partial charge in [0, 0.05) is 6.54 Å². The van der Waals surface area contributed by atoms with Crippen LogP contribution in [-0.2, 0) is 12.7 Å². The van der Waals surface area contributed by atoms with Crippen molar-refractivity contribution in [1.29, 1.82) is 0 Å². The maximum Gasteiger partial charge on any atom is 0.419 e. The van der Waals surface area contributed by atoms with Gasteiger partial charge < -0.3 is 15.6 Å². The number of nitrogens with two attached hydrogens (primary N) is 1. The second kappa shape index (κ2) is 5.58. The van der Waals surface area contributed by atoms with E-state index < -0.39 is 23.9 Å². The van der Waals surface area contributed by atoms with Crippen LogP contribution < -0.4 is 10.5 Å². The standard InChI is InChI=1S/C12H16F3NO2/c1-7(17)8(2)18-11-4-3-9(6-16)5-10(11)12(13,14)15/h3-5,7-8,17H,6,16H2,1-2H3. The molecular formula is C12H16F3NO2. The molecule has 0 saturated heterocycles. The first-order valence-corrected chi connectivity index (χ1v) is 5.50. The summed E-state index contributed by atoms with van der Waals surface area (Å²) < 4.78 is 43.6. The quantitative estimate of drug-likeness (QED) is 0.876. The van der Waals surface area contributed by atoms with Crippen LogP contribution in [0.3, 0.4) is 0 Å². The Bertz CT molecular complexity index is 405. The number of rotatable bonds is 4. The van der Waals surface area contributed by atoms with Gasteiger partial charge in [0.1, 0.15) is 11.9 Å². The molecule has 0 aliphatic carbocycles. The number of benzene rings is 1. The SMILES string of the molecule is CC(O)C(C)Oc1ccc(CN)cc1C(F)(F)F. The Kier molecular flexibility index (Phi) is 4.59. The number of aliphatic hydroxyl groups is 1. The monoisotopic (exact) mass is 263 g/mol. The Morgan fingerprint density at radius 2 is 1.94 bits per heavy atom. The molecule has 102 valence electrons. The fourth-order valence-electron chi connectivity index (χ4n) is 1.33. The minimum atomic E-state index is -4.51. The smallest absolute Gasteiger partial charge is 0.419 e. The van der Waals surface area contributed by atoms with E-state index in [0.29, 0.717) is 5.56 Å². The van der Waals surface area contributed by atoms with Gasteiger partial charge in [-0.15, -0.1) is 0 Å². The summed E-state index contributed by atoms with van der Waals surface area (Å²) in [5.74, 6) is -0.298. The average molecular weight is 263 g/mol. The van der Waals surface area contributed by atoms with Gasteiger partial charge in [0.2, 0.25) is 0 Å². The molecule has 0 heterocycles. The van der Waals surface area contributed by atoms with Gasteiger partial charge in [0.15, 0.2) is 0 Å². The Morgan fingerprint density at radius 3 is 2.39 bits per heavy atom. The van der Waals surface area contributed by atoms with Crippen molar-refractivity contribution in [2.24, 2.45) is 5.73 Å². The lowest BCUT2D eigenvalue weighted by Gasteiger charge is -2.21. The molecule has 0 fully saturated rings. The molecule has 1 aromatic rings. The van der Waals surface area contributed by atoms with E-state index in [1.807, 2.05) is 0 Å². The Morgan fingerprint density at radius 1 is 1.33 bits per heavy atom. The van der Waals surface area contributed by atoms with Crippen molar-refractivity contribution in [1.82, 2.24) is 0 Å². The van der Waals surface area contributed by atoms with E-state index in [9.17, 15) is 18.3 Å². The summed E-state index contributed by atoms with van der Waals surface area (Å²) in [5.41, 5.74) is 4.81. The number of alkyl halides is 3. The Hall–Kier alpha value is -1.27. The van der Waals surface area contributed by atoms with Gasteiger partial charge in [-0.1, -0.05) is 6.07 Å². The first-order chi connectivity index (χ1) is 8.25. The van der Waals surface area contributed by atoms with Gasteiger partial charge in [-0.05, 0) is 31.5 Å². The van der Waals surface area contributed by atoms with Crippen molar-refractivity contribution >= 4 is 0 Å². The summed E-state index contributed by atoms with van der Waals surface area (Å²) >= 11 is 0. The fourth-order valence-corrected chi connectivity index (χ4v) is 1.33. The van der Waals surface area contributed by atoms with Gasteiger partial charge in [0.05, 0.1) is 11.7 Å². The highest BCUT2D eigenvalue weighted by Gasteiger charge is 2.35. The van der Waals surface area contributed by atoms with Crippen molar-refractivity contribution in [3.05, 3.63) is 29.3 Å². The molecule has 0 radical (unpaired) electrons. The van der Waals surface area contributed by atoms with Crippen LogP contribution in [0, 0.1) is 0 Å². The third kappa shape index (κ3) is 3.61. The van der Waals surface area contributed by atoms with E-state index in [2.05, 4.69) is 0 Å². The molecule has 3 nitrogen and oxygen atoms in total. The van der Waals surface area contributed by atoms with Crippen LogP contribution in [0.15, 0.2) is 18.2 Å². The largest absolute Gasteiger partial charge is 0.487 e. The lowest BCUT2D eigenvalue weighted by Crippen LogP contribution is -2.26. The minimum absolute atomic E-state index is 0.0231. The summed E-state index contributed by atoms with van der Waals surface area (Å²) in [6, 6.07) is 3.66. The zero-order chi connectivity index (χ0) is 13.9. The summed E-state index contributed by atoms with van der Waals surface area (Å²) in [5, 5.41) is 9.25. The van der Waals surface area contributed by atoms with Crippen LogP contribution in [0.4, 0.5) is 13.2 Å². The molecule has 2 atom stereocenters. The normalized spacial score (nSPS) is 15.3. The number of halogens is 3. The van der Waals surface area contributed by atoms with E-state index >= 15 is 0 Å². The number of aliphatic hydroxyl groups excluding tert-OH is 1. The van der Waals surface area contributed by atoms with Crippen LogP contribution in [0.1, 0.15) is 25.0 Å². The Labute approximate surface area is 103 Å². The van der Waals surface area contributed by atoms with E-state index in [-0.39, 0.29) is 12.3 Å². The molecule has 0 aliphatic heterocycles. The zero-order valence-electron chi connectivity index (χ0n) is 10.2. The van der Waals surface area contributed by atoms with E-state index in [1.165, 1.54) is 26.0 Å². The fraction of sp³-hybridized carbons (Fsp3) is 0.500. The highest BCUT2D eigenvalue weighted by atomic mass is 19.4. The van der Waals surface area contributed by atoms with Gasteiger partial charge >= 0.3 is 6.18 Å². The highest BCUT2D eigenvalue weighted by molar-refractivity contribution is 5.39. The maximum absolute atomic E-state index is 12.8. The molecule has 1 aromatic carbocycles. The molecule has 0 amide bonds. The average Bonchev–Trinajstić information content (AvgIpc) is 2.27. The van der Waals surface area contributed by atoms with Crippen LogP contribution in [0.5, 0.6) is 5.75 Å². The molecule has 0 spiro atoms. The zero-order valence-corrected chi connectivity index (χ0v) is 10.2. The number of hydrogen-bond acceptors (Lipinski definition) is 3. The molecule has 0 bridgehead atoms. The first kappa shape index (κ1) is 14.8. The molecule has 18 heavy (non-hydrogen) atoms. The van der Waals surface area contributed by atoms with E-state index in [4.69, 9.17) is 10.5 Å². The predicted octanol–water partition coefficient (Wildman–Crippen LogP) is 2.31. The van der Waals surface area contributed by atoms with Crippen molar-refractivity contribution in [3.63, 3.8) is 0 Å². The second-order valence-corrected chi connectivity index (χ2v) is 4.10. The van der Waals surface area contributed by atoms with Crippen LogP contribution in [0.25, 0.3) is 0 Å². The summed E-state index contributed by atoms with van der Waals surface area (Å²) in [6.07, 6.45) is -6.10. The molecule has 0 aliphatic rings. The van der Waals surface area contributed by atoms with Gasteiger partial charge in [-0.25, -0.2) is 0 Å². The van der Waals surface area contributed by atoms with Crippen LogP contribution in [0.2, 0.25) is 0 Å². The van der Waals surface area contributed by atoms with Gasteiger partial charge in [-0.2, -0.15) is 13.2 Å². The molecule has 0 aromatic heterocycles. The lowest BCUT2D eigenvalue weighted by molar-refractivity contribution is -0.139. The molecule has 2 unspecified atom stereocenters. The third-order valence-corrected chi connectivity index (χ3v) is 2.58. The summed E-state index contributed by atoms with van der Waals surface area (Å²) in [4.78, 5) is 0. The number of hydrogen-bond donors (Lipinski definition) is 2. The summed E-state index contributed by atoms with van der Waals surface area (Å²) in [6.45, 7) is 2.98. The van der Waals surface area contributed by atoms with Crippen LogP contribution >= 0.6 is 0 Å². The third-order valence-electron chi connectivity index (χ3n) is 2.58. The molecule has 0 saturated carbocycles. The molecule has 1 rings (SSSR count). The minimum Gasteiger partial charge on any atom is -0.487 e. The van der Waals surface area contributed by atoms with Crippen molar-refractivity contribution in [2.45, 2.75) is 38.8 Å². The second-order valence-electron chi connectivity index (χ2n) is 4.10. The molecule has 6 heteroatoms. The predicted molar refractivity (Wildman–Crippen MR) is 61.1 cm³/mol. The number of ether oxygens (including phenoxy) is 1. The van der Waals surface area contributed by atoms with Crippen molar-refractivity contribution in [3.8, 4) is 5.75 Å². The van der Waals surface area contributed by atoms with Crippen molar-refractivity contribution in [2.75, 3.05) is 0 Å². The van der Waals surface area contributed by atoms with Gasteiger partial charge in [-0.3, -0.25) is 0 Å². The molecule has 3 N–H and O–H groups in total. The molecular weight excluding hydrogens is 247 g/mol. The van der Waals surface area contributed by atoms with Gasteiger partial charge in [0.25, 0.3) is 0 Å². The maximum atomic E-state index is 12.8. The highest BCUT2D eigenvalue weighted by Crippen LogP contribution is 2.37. The Balaban J connectivity index is 3.11. The topological polar surface area (TPSA) is 55.5 Å². The summed E-state index contributed by atoms with van der Waals surface area (Å²) in [7, 11) is 0. The van der Waals surface area contributed by atoms with Crippen molar-refractivity contribution < 1.29 is 23.0 Å². The van der Waals surface area contributed by atoms with E-state index in [1.54, 1.807) is 0 Å².